The highest BCUT2D eigenvalue weighted by molar-refractivity contribution is 7.90. The van der Waals surface area contributed by atoms with E-state index < -0.39 is 26.8 Å². The van der Waals surface area contributed by atoms with Gasteiger partial charge in [-0.2, -0.15) is 0 Å². The van der Waals surface area contributed by atoms with E-state index in [1.165, 1.54) is 11.1 Å². The fourth-order valence-electron chi connectivity index (χ4n) is 8.14. The predicted molar refractivity (Wildman–Crippen MR) is 184 cm³/mol. The number of hydrogen-bond donors (Lipinski definition) is 1. The third-order valence-electron chi connectivity index (χ3n) is 11.2. The number of likely N-dealkylation sites (N-methyl/N-ethyl adjacent to an activating group) is 1. The summed E-state index contributed by atoms with van der Waals surface area (Å²) in [4.78, 5) is 31.3. The molecule has 2 aliphatic heterocycles. The molecule has 0 aromatic heterocycles. The lowest BCUT2D eigenvalue weighted by atomic mass is 9.63. The molecule has 1 saturated carbocycles. The number of benzene rings is 2. The van der Waals surface area contributed by atoms with Crippen molar-refractivity contribution in [2.24, 2.45) is 17.8 Å². The van der Waals surface area contributed by atoms with E-state index in [1.807, 2.05) is 25.1 Å². The second-order valence-electron chi connectivity index (χ2n) is 14.2. The number of carbonyl (C=O) groups excluding carboxylic acids is 2. The molecule has 11 heteroatoms. The van der Waals surface area contributed by atoms with Gasteiger partial charge in [-0.25, -0.2) is 13.1 Å². The first kappa shape index (κ1) is 33.8. The number of methoxy groups -OCH3 is 1. The molecule has 9 nitrogen and oxygen atoms in total. The van der Waals surface area contributed by atoms with Gasteiger partial charge in [-0.1, -0.05) is 30.7 Å². The van der Waals surface area contributed by atoms with E-state index in [0.717, 1.165) is 37.8 Å². The number of ether oxygens (including phenoxy) is 2. The molecule has 2 amide bonds. The second kappa shape index (κ2) is 12.7. The summed E-state index contributed by atoms with van der Waals surface area (Å²) in [6.07, 6.45) is 8.72. The van der Waals surface area contributed by atoms with Crippen LogP contribution in [0, 0.1) is 17.8 Å². The minimum absolute atomic E-state index is 0.101. The van der Waals surface area contributed by atoms with Crippen molar-refractivity contribution < 1.29 is 27.5 Å². The molecule has 0 unspecified atom stereocenters. The van der Waals surface area contributed by atoms with E-state index in [-0.39, 0.29) is 34.6 Å². The summed E-state index contributed by atoms with van der Waals surface area (Å²) in [5.74, 6) is -0.473. The monoisotopic (exact) mass is 683 g/mol. The molecular weight excluding hydrogens is 638 g/mol. The van der Waals surface area contributed by atoms with Crippen LogP contribution in [0.15, 0.2) is 48.6 Å². The fraction of sp³-hybridized carbons (Fsp3) is 0.556. The quantitative estimate of drug-likeness (QED) is 0.425. The minimum Gasteiger partial charge on any atom is -0.490 e. The molecule has 6 atom stereocenters. The number of allylic oxidation sites excluding steroid dienone is 1. The maximum absolute atomic E-state index is 13.9. The van der Waals surface area contributed by atoms with E-state index in [4.69, 9.17) is 21.1 Å². The first-order chi connectivity index (χ1) is 22.3. The van der Waals surface area contributed by atoms with Crippen molar-refractivity contribution in [2.45, 2.75) is 68.6 Å². The summed E-state index contributed by atoms with van der Waals surface area (Å²) in [7, 11) is 1.06. The number of nitrogens with zero attached hydrogens (tertiary/aromatic N) is 2. The number of rotatable bonds is 2. The molecule has 0 radical (unpaired) electrons. The number of anilines is 1. The number of nitrogens with one attached hydrogen (secondary N) is 1. The SMILES string of the molecule is CO[C@]1(C(=O)N(C)C)/C=C/C[C@H](C)[C@@H](C)S(=O)(=O)NC(=O)c2ccc3c(c2)N(C[C@@H]2CC[C@H]21)C[C@@]1(CCCc2cc(Cl)ccc21)CO3. The highest BCUT2D eigenvalue weighted by Crippen LogP contribution is 2.49. The van der Waals surface area contributed by atoms with Crippen LogP contribution in [0.25, 0.3) is 0 Å². The molecule has 1 N–H and O–H groups in total. The first-order valence-corrected chi connectivity index (χ1v) is 18.5. The highest BCUT2D eigenvalue weighted by Gasteiger charge is 2.53. The average Bonchev–Trinajstić information content (AvgIpc) is 3.17. The molecule has 2 aliphatic carbocycles. The number of halogens is 1. The summed E-state index contributed by atoms with van der Waals surface area (Å²) >= 11 is 6.43. The Hall–Kier alpha value is -3.08. The zero-order valence-corrected chi connectivity index (χ0v) is 29.5. The van der Waals surface area contributed by atoms with Crippen LogP contribution >= 0.6 is 11.6 Å². The zero-order chi connectivity index (χ0) is 33.7. The van der Waals surface area contributed by atoms with Crippen molar-refractivity contribution in [3.63, 3.8) is 0 Å². The molecule has 2 bridgehead atoms. The van der Waals surface area contributed by atoms with Crippen LogP contribution in [0.3, 0.4) is 0 Å². The van der Waals surface area contributed by atoms with E-state index in [1.54, 1.807) is 51.2 Å². The van der Waals surface area contributed by atoms with Crippen LogP contribution in [0.2, 0.25) is 5.02 Å². The van der Waals surface area contributed by atoms with Gasteiger partial charge < -0.3 is 19.3 Å². The third kappa shape index (κ3) is 6.06. The molecular formula is C36H46ClN3O6S. The number of sulfonamides is 1. The van der Waals surface area contributed by atoms with E-state index in [0.29, 0.717) is 36.9 Å². The lowest BCUT2D eigenvalue weighted by Crippen LogP contribution is -2.59. The van der Waals surface area contributed by atoms with Crippen LogP contribution in [0.4, 0.5) is 5.69 Å². The number of fused-ring (bicyclic) bond motifs is 4. The Morgan fingerprint density at radius 3 is 2.64 bits per heavy atom. The first-order valence-electron chi connectivity index (χ1n) is 16.6. The molecule has 1 fully saturated rings. The minimum atomic E-state index is -4.00. The largest absolute Gasteiger partial charge is 0.490 e. The van der Waals surface area contributed by atoms with Crippen LogP contribution < -0.4 is 14.4 Å². The van der Waals surface area contributed by atoms with Gasteiger partial charge in [-0.15, -0.1) is 0 Å². The number of hydrogen-bond acceptors (Lipinski definition) is 7. The van der Waals surface area contributed by atoms with Crippen LogP contribution in [0.5, 0.6) is 5.75 Å². The standard InChI is InChI=1S/C36H46ClN3O6S/c1-23-8-6-17-36(45-5,34(42)39(3)4)30-13-10-27(30)20-40-21-35(16-7-9-25-18-28(37)12-14-29(25)35)22-46-32-15-11-26(19-31(32)40)33(41)38-47(43,44)24(23)2/h6,11-12,14-15,17-19,23-24,27,30H,7-10,13,16,20-22H2,1-5H3,(H,38,41)/b17-6+/t23-,24+,27-,30+,35-,36+/m0/s1. The smallest absolute Gasteiger partial charge is 0.264 e. The van der Waals surface area contributed by atoms with Crippen molar-refractivity contribution in [2.75, 3.05) is 45.8 Å². The lowest BCUT2D eigenvalue weighted by molar-refractivity contribution is -0.160. The molecule has 2 heterocycles. The Morgan fingerprint density at radius 2 is 1.94 bits per heavy atom. The van der Waals surface area contributed by atoms with Gasteiger partial charge in [-0.3, -0.25) is 9.59 Å². The number of carbonyl (C=O) groups is 2. The van der Waals surface area contributed by atoms with E-state index in [2.05, 4.69) is 21.8 Å². The van der Waals surface area contributed by atoms with Gasteiger partial charge >= 0.3 is 0 Å². The topological polar surface area (TPSA) is 105 Å². The molecule has 2 aromatic carbocycles. The Labute approximate surface area is 283 Å². The molecule has 4 aliphatic rings. The molecule has 6 rings (SSSR count). The molecule has 47 heavy (non-hydrogen) atoms. The highest BCUT2D eigenvalue weighted by atomic mass is 35.5. The zero-order valence-electron chi connectivity index (χ0n) is 27.9. The molecule has 254 valence electrons. The third-order valence-corrected chi connectivity index (χ3v) is 13.3. The predicted octanol–water partition coefficient (Wildman–Crippen LogP) is 5.36. The summed E-state index contributed by atoms with van der Waals surface area (Å²) < 4.78 is 41.9. The van der Waals surface area contributed by atoms with Gasteiger partial charge in [0.2, 0.25) is 10.0 Å². The van der Waals surface area contributed by atoms with Crippen molar-refractivity contribution in [3.05, 3.63) is 70.3 Å². The van der Waals surface area contributed by atoms with Gasteiger partial charge in [0.25, 0.3) is 11.8 Å². The number of amides is 2. The van der Waals surface area contributed by atoms with Crippen molar-refractivity contribution in [1.29, 1.82) is 0 Å². The van der Waals surface area contributed by atoms with Crippen molar-refractivity contribution >= 4 is 39.1 Å². The lowest BCUT2D eigenvalue weighted by Gasteiger charge is -2.50. The van der Waals surface area contributed by atoms with Crippen LogP contribution in [-0.2, 0) is 31.4 Å². The van der Waals surface area contributed by atoms with Gasteiger partial charge in [0.1, 0.15) is 5.75 Å². The molecule has 0 saturated heterocycles. The van der Waals surface area contributed by atoms with E-state index >= 15 is 0 Å². The summed E-state index contributed by atoms with van der Waals surface area (Å²) in [6, 6.07) is 11.3. The van der Waals surface area contributed by atoms with Gasteiger partial charge in [-0.05, 0) is 105 Å². The second-order valence-corrected chi connectivity index (χ2v) is 16.7. The van der Waals surface area contributed by atoms with Gasteiger partial charge in [0.15, 0.2) is 5.60 Å². The normalized spacial score (nSPS) is 32.5. The summed E-state index contributed by atoms with van der Waals surface area (Å²) in [5.41, 5.74) is 1.92. The Balaban J connectivity index is 1.48. The summed E-state index contributed by atoms with van der Waals surface area (Å²) in [6.45, 7) is 5.14. The molecule has 2 aromatic rings. The number of aryl methyl sites for hydroxylation is 1. The van der Waals surface area contributed by atoms with E-state index in [9.17, 15) is 18.0 Å². The van der Waals surface area contributed by atoms with Gasteiger partial charge in [0.05, 0.1) is 17.5 Å². The maximum atomic E-state index is 13.9. The Bertz CT molecular complexity index is 1700. The molecule has 1 spiro atoms. The van der Waals surface area contributed by atoms with Crippen LogP contribution in [-0.4, -0.2) is 76.9 Å². The van der Waals surface area contributed by atoms with Crippen molar-refractivity contribution in [1.82, 2.24) is 9.62 Å². The Morgan fingerprint density at radius 1 is 1.15 bits per heavy atom. The summed E-state index contributed by atoms with van der Waals surface area (Å²) in [5, 5.41) is -0.146. The fourth-order valence-corrected chi connectivity index (χ4v) is 9.62. The van der Waals surface area contributed by atoms with Gasteiger partial charge in [0, 0.05) is 56.2 Å². The Kier molecular flexibility index (Phi) is 9.17. The average molecular weight is 684 g/mol. The van der Waals surface area contributed by atoms with Crippen LogP contribution in [0.1, 0.15) is 67.4 Å². The maximum Gasteiger partial charge on any atom is 0.264 e. The van der Waals surface area contributed by atoms with Crippen molar-refractivity contribution in [3.8, 4) is 5.75 Å².